The molecule has 26 heavy (non-hydrogen) atoms. The van der Waals surface area contributed by atoms with E-state index in [0.717, 1.165) is 43.4 Å². The number of fused-ring (bicyclic) bond motifs is 1. The normalized spacial score (nSPS) is 44.7. The first-order chi connectivity index (χ1) is 12.6. The van der Waals surface area contributed by atoms with Crippen LogP contribution in [-0.4, -0.2) is 77.4 Å². The van der Waals surface area contributed by atoms with Crippen molar-refractivity contribution >= 4 is 0 Å². The standard InChI is InChI=1S/C21H39NO4/c1-22-9-8-15-12-20(25-4)21(26-5)13-16(15)17(22)10-14-6-7-18(23-2)19(11-14)24-3/h14-21H,6-13H2,1-5H3. The number of hydrogen-bond acceptors (Lipinski definition) is 5. The molecule has 3 rings (SSSR count). The number of rotatable bonds is 6. The number of hydrogen-bond donors (Lipinski definition) is 0. The molecule has 152 valence electrons. The number of methoxy groups -OCH3 is 4. The fraction of sp³-hybridized carbons (Fsp3) is 1.00. The van der Waals surface area contributed by atoms with Gasteiger partial charge in [-0.05, 0) is 76.3 Å². The van der Waals surface area contributed by atoms with Gasteiger partial charge in [-0.1, -0.05) is 0 Å². The van der Waals surface area contributed by atoms with E-state index in [4.69, 9.17) is 18.9 Å². The van der Waals surface area contributed by atoms with Crippen LogP contribution in [0.2, 0.25) is 0 Å². The number of likely N-dealkylation sites (tertiary alicyclic amines) is 1. The monoisotopic (exact) mass is 369 g/mol. The Morgan fingerprint density at radius 2 is 1.35 bits per heavy atom. The number of ether oxygens (including phenoxy) is 4. The van der Waals surface area contributed by atoms with Gasteiger partial charge in [0.05, 0.1) is 24.4 Å². The molecule has 0 aromatic rings. The summed E-state index contributed by atoms with van der Waals surface area (Å²) in [4.78, 5) is 2.62. The Labute approximate surface area is 159 Å². The zero-order chi connectivity index (χ0) is 18.7. The highest BCUT2D eigenvalue weighted by molar-refractivity contribution is 4.97. The summed E-state index contributed by atoms with van der Waals surface area (Å²) in [5.74, 6) is 2.24. The molecule has 1 aliphatic heterocycles. The number of nitrogens with zero attached hydrogens (tertiary/aromatic N) is 1. The van der Waals surface area contributed by atoms with Crippen molar-refractivity contribution in [1.82, 2.24) is 4.90 Å². The Kier molecular flexibility index (Phi) is 7.37. The van der Waals surface area contributed by atoms with Gasteiger partial charge in [0.2, 0.25) is 0 Å². The minimum absolute atomic E-state index is 0.242. The first-order valence-electron chi connectivity index (χ1n) is 10.4. The van der Waals surface area contributed by atoms with Gasteiger partial charge in [0.1, 0.15) is 0 Å². The first kappa shape index (κ1) is 20.5. The van der Waals surface area contributed by atoms with Crippen molar-refractivity contribution in [3.8, 4) is 0 Å². The maximum atomic E-state index is 5.80. The Hall–Kier alpha value is -0.200. The van der Waals surface area contributed by atoms with Crippen LogP contribution in [0.15, 0.2) is 0 Å². The summed E-state index contributed by atoms with van der Waals surface area (Å²) in [5.41, 5.74) is 0. The van der Waals surface area contributed by atoms with Crippen LogP contribution in [0.4, 0.5) is 0 Å². The van der Waals surface area contributed by atoms with E-state index in [1.807, 2.05) is 28.4 Å². The van der Waals surface area contributed by atoms with Crippen LogP contribution < -0.4 is 0 Å². The van der Waals surface area contributed by atoms with Crippen LogP contribution in [0.3, 0.4) is 0 Å². The average Bonchev–Trinajstić information content (AvgIpc) is 2.68. The van der Waals surface area contributed by atoms with E-state index in [-0.39, 0.29) is 24.4 Å². The number of piperidine rings is 1. The van der Waals surface area contributed by atoms with Crippen molar-refractivity contribution in [2.75, 3.05) is 42.0 Å². The van der Waals surface area contributed by atoms with Gasteiger partial charge in [0, 0.05) is 34.5 Å². The van der Waals surface area contributed by atoms with Gasteiger partial charge >= 0.3 is 0 Å². The lowest BCUT2D eigenvalue weighted by atomic mass is 9.66. The molecule has 2 aliphatic carbocycles. The van der Waals surface area contributed by atoms with E-state index >= 15 is 0 Å². The summed E-state index contributed by atoms with van der Waals surface area (Å²) in [7, 11) is 9.64. The minimum Gasteiger partial charge on any atom is -0.379 e. The van der Waals surface area contributed by atoms with Crippen molar-refractivity contribution < 1.29 is 18.9 Å². The quantitative estimate of drug-likeness (QED) is 0.720. The molecular formula is C21H39NO4. The molecule has 0 amide bonds. The Morgan fingerprint density at radius 3 is 2.00 bits per heavy atom. The van der Waals surface area contributed by atoms with Gasteiger partial charge < -0.3 is 23.8 Å². The second kappa shape index (κ2) is 9.33. The topological polar surface area (TPSA) is 40.2 Å². The van der Waals surface area contributed by atoms with Crippen LogP contribution in [0.1, 0.15) is 44.9 Å². The fourth-order valence-corrected chi connectivity index (χ4v) is 6.01. The molecule has 0 spiro atoms. The average molecular weight is 370 g/mol. The SMILES string of the molecule is COC1CCC(CC2C3CC(OC)C(OC)CC3CCN2C)CC1OC. The largest absolute Gasteiger partial charge is 0.379 e. The van der Waals surface area contributed by atoms with E-state index < -0.39 is 0 Å². The molecule has 0 aromatic heterocycles. The van der Waals surface area contributed by atoms with Crippen molar-refractivity contribution in [3.05, 3.63) is 0 Å². The van der Waals surface area contributed by atoms with Gasteiger partial charge in [-0.3, -0.25) is 0 Å². The zero-order valence-corrected chi connectivity index (χ0v) is 17.4. The van der Waals surface area contributed by atoms with E-state index in [9.17, 15) is 0 Å². The molecule has 8 unspecified atom stereocenters. The smallest absolute Gasteiger partial charge is 0.0836 e. The summed E-state index contributed by atoms with van der Waals surface area (Å²) in [6, 6.07) is 0.658. The molecule has 8 atom stereocenters. The fourth-order valence-electron chi connectivity index (χ4n) is 6.01. The molecule has 5 heteroatoms. The van der Waals surface area contributed by atoms with Crippen molar-refractivity contribution in [2.45, 2.75) is 75.4 Å². The Bertz CT molecular complexity index is 434. The van der Waals surface area contributed by atoms with Gasteiger partial charge in [0.25, 0.3) is 0 Å². The first-order valence-corrected chi connectivity index (χ1v) is 10.4. The van der Waals surface area contributed by atoms with Crippen LogP contribution in [0, 0.1) is 17.8 Å². The maximum Gasteiger partial charge on any atom is 0.0836 e. The van der Waals surface area contributed by atoms with Gasteiger partial charge in [0.15, 0.2) is 0 Å². The van der Waals surface area contributed by atoms with Crippen LogP contribution in [0.5, 0.6) is 0 Å². The molecule has 0 N–H and O–H groups in total. The Balaban J connectivity index is 1.66. The van der Waals surface area contributed by atoms with Gasteiger partial charge in [-0.15, -0.1) is 0 Å². The summed E-state index contributed by atoms with van der Waals surface area (Å²) in [5, 5.41) is 0. The van der Waals surface area contributed by atoms with Crippen molar-refractivity contribution in [3.63, 3.8) is 0 Å². The molecule has 3 fully saturated rings. The van der Waals surface area contributed by atoms with Crippen molar-refractivity contribution in [1.29, 1.82) is 0 Å². The summed E-state index contributed by atoms with van der Waals surface area (Å²) in [6.45, 7) is 1.21. The third-order valence-electron chi connectivity index (χ3n) is 7.60. The van der Waals surface area contributed by atoms with Crippen LogP contribution >= 0.6 is 0 Å². The van der Waals surface area contributed by atoms with Crippen molar-refractivity contribution in [2.24, 2.45) is 17.8 Å². The molecule has 0 bridgehead atoms. The molecule has 0 aromatic carbocycles. The molecule has 2 saturated carbocycles. The second-order valence-electron chi connectivity index (χ2n) is 8.74. The van der Waals surface area contributed by atoms with E-state index in [0.29, 0.717) is 6.04 Å². The predicted octanol–water partition coefficient (Wildman–Crippen LogP) is 2.97. The molecule has 5 nitrogen and oxygen atoms in total. The van der Waals surface area contributed by atoms with E-state index in [2.05, 4.69) is 11.9 Å². The predicted molar refractivity (Wildman–Crippen MR) is 102 cm³/mol. The van der Waals surface area contributed by atoms with E-state index in [1.54, 1.807) is 0 Å². The zero-order valence-electron chi connectivity index (χ0n) is 17.4. The second-order valence-corrected chi connectivity index (χ2v) is 8.74. The van der Waals surface area contributed by atoms with Gasteiger partial charge in [-0.25, -0.2) is 0 Å². The lowest BCUT2D eigenvalue weighted by Crippen LogP contribution is -2.54. The molecule has 1 heterocycles. The highest BCUT2D eigenvalue weighted by Crippen LogP contribution is 2.44. The maximum absolute atomic E-state index is 5.80. The lowest BCUT2D eigenvalue weighted by Gasteiger charge is -2.51. The summed E-state index contributed by atoms with van der Waals surface area (Å²) < 4.78 is 22.9. The molecule has 0 radical (unpaired) electrons. The highest BCUT2D eigenvalue weighted by Gasteiger charge is 2.45. The molecule has 1 saturated heterocycles. The van der Waals surface area contributed by atoms with Gasteiger partial charge in [-0.2, -0.15) is 0 Å². The van der Waals surface area contributed by atoms with Crippen LogP contribution in [0.25, 0.3) is 0 Å². The highest BCUT2D eigenvalue weighted by atomic mass is 16.5. The lowest BCUT2D eigenvalue weighted by molar-refractivity contribution is -0.116. The third kappa shape index (κ3) is 4.27. The third-order valence-corrected chi connectivity index (χ3v) is 7.60. The molecule has 3 aliphatic rings. The molecular weight excluding hydrogens is 330 g/mol. The summed E-state index contributed by atoms with van der Waals surface area (Å²) in [6.07, 6.45) is 9.40. The summed E-state index contributed by atoms with van der Waals surface area (Å²) >= 11 is 0. The minimum atomic E-state index is 0.242. The Morgan fingerprint density at radius 1 is 0.731 bits per heavy atom. The van der Waals surface area contributed by atoms with Crippen LogP contribution in [-0.2, 0) is 18.9 Å². The van der Waals surface area contributed by atoms with E-state index in [1.165, 1.54) is 25.8 Å².